The number of halogens is 1. The third-order valence-corrected chi connectivity index (χ3v) is 3.91. The Morgan fingerprint density at radius 2 is 1.96 bits per heavy atom. The van der Waals surface area contributed by atoms with Crippen LogP contribution < -0.4 is 9.80 Å². The molecule has 4 nitrogen and oxygen atoms in total. The fourth-order valence-corrected chi connectivity index (χ4v) is 2.42. The lowest BCUT2D eigenvalue weighted by molar-refractivity contribution is 0.264. The average molecular weight is 352 g/mol. The van der Waals surface area contributed by atoms with Gasteiger partial charge in [-0.15, -0.1) is 0 Å². The van der Waals surface area contributed by atoms with E-state index in [1.807, 2.05) is 26.0 Å². The molecule has 0 atom stereocenters. The number of nitrogens with zero attached hydrogens (tertiary/aromatic N) is 1. The zero-order valence-corrected chi connectivity index (χ0v) is 14.7. The molecule has 0 spiro atoms. The highest BCUT2D eigenvalue weighted by Crippen LogP contribution is 2.27. The quantitative estimate of drug-likeness (QED) is 0.640. The molecule has 0 aromatic heterocycles. The molecule has 0 saturated heterocycles. The van der Waals surface area contributed by atoms with Gasteiger partial charge in [0.25, 0.3) is 5.17 Å². The molecular formula is C17H18ClNO3S. The number of hydrogen-bond donors (Lipinski definition) is 1. The minimum absolute atomic E-state index is 0.0694. The van der Waals surface area contributed by atoms with E-state index in [1.54, 1.807) is 18.2 Å². The van der Waals surface area contributed by atoms with Crippen LogP contribution >= 0.6 is 23.8 Å². The van der Waals surface area contributed by atoms with Crippen LogP contribution in [-0.2, 0) is 11.3 Å². The Morgan fingerprint density at radius 1 is 1.22 bits per heavy atom. The van der Waals surface area contributed by atoms with E-state index in [2.05, 4.69) is 6.07 Å². The summed E-state index contributed by atoms with van der Waals surface area (Å²) >= 11 is 11.0. The molecule has 0 bridgehead atoms. The summed E-state index contributed by atoms with van der Waals surface area (Å²) in [4.78, 5) is 0. The summed E-state index contributed by atoms with van der Waals surface area (Å²) in [7, 11) is 1.39. The van der Waals surface area contributed by atoms with Crippen molar-refractivity contribution >= 4 is 34.7 Å². The minimum atomic E-state index is -0.0694. The number of thiocarbonyl (C=S) groups is 1. The molecule has 0 saturated carbocycles. The highest BCUT2D eigenvalue weighted by atomic mass is 35.5. The Labute approximate surface area is 146 Å². The number of rotatable bonds is 4. The van der Waals surface area contributed by atoms with Gasteiger partial charge in [-0.2, -0.15) is 5.06 Å². The largest absolute Gasteiger partial charge is 0.489 e. The molecule has 2 aromatic carbocycles. The lowest BCUT2D eigenvalue weighted by atomic mass is 10.1. The van der Waals surface area contributed by atoms with Gasteiger partial charge in [0.2, 0.25) is 0 Å². The first-order valence-electron chi connectivity index (χ1n) is 6.98. The lowest BCUT2D eigenvalue weighted by Gasteiger charge is -2.20. The first-order chi connectivity index (χ1) is 10.9. The zero-order valence-electron chi connectivity index (χ0n) is 13.2. The second-order valence-corrected chi connectivity index (χ2v) is 5.90. The van der Waals surface area contributed by atoms with Crippen LogP contribution in [-0.4, -0.2) is 17.5 Å². The Hall–Kier alpha value is -1.82. The van der Waals surface area contributed by atoms with Crippen LogP contribution in [0.25, 0.3) is 0 Å². The second kappa shape index (κ2) is 7.64. The summed E-state index contributed by atoms with van der Waals surface area (Å²) < 4.78 is 10.7. The first-order valence-corrected chi connectivity index (χ1v) is 7.76. The maximum absolute atomic E-state index is 10.1. The Balaban J connectivity index is 2.24. The summed E-state index contributed by atoms with van der Waals surface area (Å²) in [5.41, 5.74) is 3.38. The van der Waals surface area contributed by atoms with Gasteiger partial charge in [0.1, 0.15) is 12.4 Å². The highest BCUT2D eigenvalue weighted by molar-refractivity contribution is 7.80. The second-order valence-electron chi connectivity index (χ2n) is 5.11. The van der Waals surface area contributed by atoms with Crippen molar-refractivity contribution in [2.75, 3.05) is 12.2 Å². The smallest absolute Gasteiger partial charge is 0.288 e. The maximum atomic E-state index is 10.1. The SMILES string of the molecule is COC(=S)N(O)c1cc(Cl)ccc1COc1ccc(C)cc1C. The molecule has 0 radical (unpaired) electrons. The Kier molecular flexibility index (Phi) is 5.82. The highest BCUT2D eigenvalue weighted by Gasteiger charge is 2.15. The predicted molar refractivity (Wildman–Crippen MR) is 95.6 cm³/mol. The van der Waals surface area contributed by atoms with E-state index in [1.165, 1.54) is 12.7 Å². The summed E-state index contributed by atoms with van der Waals surface area (Å²) in [6.07, 6.45) is 0. The molecule has 23 heavy (non-hydrogen) atoms. The number of ether oxygens (including phenoxy) is 2. The van der Waals surface area contributed by atoms with Crippen LogP contribution in [0.3, 0.4) is 0 Å². The van der Waals surface area contributed by atoms with E-state index in [9.17, 15) is 5.21 Å². The number of hydrogen-bond acceptors (Lipinski definition) is 4. The normalized spacial score (nSPS) is 10.3. The van der Waals surface area contributed by atoms with Crippen LogP contribution in [0, 0.1) is 13.8 Å². The van der Waals surface area contributed by atoms with Gasteiger partial charge in [-0.3, -0.25) is 5.21 Å². The molecule has 0 aliphatic heterocycles. The maximum Gasteiger partial charge on any atom is 0.288 e. The molecule has 0 amide bonds. The summed E-state index contributed by atoms with van der Waals surface area (Å²) in [6, 6.07) is 11.1. The van der Waals surface area contributed by atoms with Crippen LogP contribution in [0.15, 0.2) is 36.4 Å². The van der Waals surface area contributed by atoms with E-state index in [-0.39, 0.29) is 11.8 Å². The van der Waals surface area contributed by atoms with Crippen molar-refractivity contribution < 1.29 is 14.7 Å². The van der Waals surface area contributed by atoms with E-state index in [0.29, 0.717) is 10.7 Å². The monoisotopic (exact) mass is 351 g/mol. The number of methoxy groups -OCH3 is 1. The Bertz CT molecular complexity index is 721. The van der Waals surface area contributed by atoms with Gasteiger partial charge in [-0.1, -0.05) is 35.4 Å². The van der Waals surface area contributed by atoms with E-state index < -0.39 is 0 Å². The third-order valence-electron chi connectivity index (χ3n) is 3.34. The van der Waals surface area contributed by atoms with Crippen molar-refractivity contribution in [1.82, 2.24) is 0 Å². The van der Waals surface area contributed by atoms with Crippen LogP contribution in [0.5, 0.6) is 5.75 Å². The van der Waals surface area contributed by atoms with Crippen molar-refractivity contribution in [3.63, 3.8) is 0 Å². The molecule has 0 aliphatic rings. The molecule has 0 fully saturated rings. The first kappa shape index (κ1) is 17.5. The van der Waals surface area contributed by atoms with Gasteiger partial charge in [-0.25, -0.2) is 0 Å². The van der Waals surface area contributed by atoms with E-state index in [4.69, 9.17) is 33.3 Å². The van der Waals surface area contributed by atoms with Crippen molar-refractivity contribution in [1.29, 1.82) is 0 Å². The molecule has 2 rings (SSSR count). The zero-order chi connectivity index (χ0) is 17.0. The van der Waals surface area contributed by atoms with Crippen LogP contribution in [0.1, 0.15) is 16.7 Å². The average Bonchev–Trinajstić information content (AvgIpc) is 2.53. The molecular weight excluding hydrogens is 334 g/mol. The van der Waals surface area contributed by atoms with Crippen LogP contribution in [0.2, 0.25) is 5.02 Å². The summed E-state index contributed by atoms with van der Waals surface area (Å²) in [5.74, 6) is 0.787. The van der Waals surface area contributed by atoms with Crippen molar-refractivity contribution in [2.45, 2.75) is 20.5 Å². The summed E-state index contributed by atoms with van der Waals surface area (Å²) in [5, 5.41) is 11.3. The van der Waals surface area contributed by atoms with Gasteiger partial charge in [-0.05, 0) is 49.8 Å². The van der Waals surface area contributed by atoms with E-state index >= 15 is 0 Å². The number of benzene rings is 2. The van der Waals surface area contributed by atoms with Gasteiger partial charge in [0.05, 0.1) is 12.8 Å². The van der Waals surface area contributed by atoms with Crippen molar-refractivity contribution in [2.24, 2.45) is 0 Å². The fourth-order valence-electron chi connectivity index (χ4n) is 2.16. The molecule has 6 heteroatoms. The number of hydroxylamine groups is 1. The summed E-state index contributed by atoms with van der Waals surface area (Å²) in [6.45, 7) is 4.28. The third kappa shape index (κ3) is 4.34. The van der Waals surface area contributed by atoms with Gasteiger partial charge in [0.15, 0.2) is 0 Å². The van der Waals surface area contributed by atoms with Crippen molar-refractivity contribution in [3.05, 3.63) is 58.1 Å². The molecule has 0 heterocycles. The van der Waals surface area contributed by atoms with Gasteiger partial charge >= 0.3 is 0 Å². The fraction of sp³-hybridized carbons (Fsp3) is 0.235. The van der Waals surface area contributed by atoms with Crippen molar-refractivity contribution in [3.8, 4) is 5.75 Å². The van der Waals surface area contributed by atoms with Crippen LogP contribution in [0.4, 0.5) is 5.69 Å². The van der Waals surface area contributed by atoms with Gasteiger partial charge in [0, 0.05) is 10.6 Å². The molecule has 0 aliphatic carbocycles. The molecule has 122 valence electrons. The molecule has 0 unspecified atom stereocenters. The van der Waals surface area contributed by atoms with Gasteiger partial charge < -0.3 is 9.47 Å². The number of aryl methyl sites for hydroxylation is 2. The predicted octanol–water partition coefficient (Wildman–Crippen LogP) is 4.66. The molecule has 1 N–H and O–H groups in total. The number of anilines is 1. The van der Waals surface area contributed by atoms with E-state index in [0.717, 1.165) is 21.9 Å². The minimum Gasteiger partial charge on any atom is -0.489 e. The lowest BCUT2D eigenvalue weighted by Crippen LogP contribution is -2.27. The standard InChI is InChI=1S/C17H18ClNO3S/c1-11-4-7-16(12(2)8-11)22-10-13-5-6-14(18)9-15(13)19(20)17(23)21-3/h4-9,20H,10H2,1-3H3. The Morgan fingerprint density at radius 3 is 2.61 bits per heavy atom. The molecule has 2 aromatic rings. The topological polar surface area (TPSA) is 41.9 Å².